The van der Waals surface area contributed by atoms with Crippen molar-refractivity contribution < 1.29 is 4.74 Å². The number of nitrogens with zero attached hydrogens (tertiary/aromatic N) is 2. The van der Waals surface area contributed by atoms with Crippen molar-refractivity contribution >= 4 is 0 Å². The highest BCUT2D eigenvalue weighted by atomic mass is 16.5. The van der Waals surface area contributed by atoms with Gasteiger partial charge in [0, 0.05) is 29.1 Å². The highest BCUT2D eigenvalue weighted by Crippen LogP contribution is 2.41. The monoisotopic (exact) mass is 312 g/mol. The first kappa shape index (κ1) is 14.4. The summed E-state index contributed by atoms with van der Waals surface area (Å²) in [6.45, 7) is 0. The molecule has 1 aliphatic heterocycles. The molecule has 116 valence electrons. The van der Waals surface area contributed by atoms with Crippen LogP contribution in [-0.2, 0) is 0 Å². The fourth-order valence-electron chi connectivity index (χ4n) is 2.92. The van der Waals surface area contributed by atoms with E-state index in [1.165, 1.54) is 0 Å². The first-order chi connectivity index (χ1) is 11.9. The highest BCUT2D eigenvalue weighted by Gasteiger charge is 2.19. The van der Waals surface area contributed by atoms with E-state index in [0.29, 0.717) is 0 Å². The molecule has 24 heavy (non-hydrogen) atoms. The molecular weight excluding hydrogens is 296 g/mol. The summed E-state index contributed by atoms with van der Waals surface area (Å²) in [6.07, 6.45) is 3.63. The molecule has 0 spiro atoms. The second-order valence-corrected chi connectivity index (χ2v) is 5.51. The van der Waals surface area contributed by atoms with Crippen molar-refractivity contribution in [1.82, 2.24) is 9.97 Å². The normalized spacial score (nSPS) is 10.7. The Hall–Kier alpha value is -3.20. The van der Waals surface area contributed by atoms with Crippen molar-refractivity contribution in [2.45, 2.75) is 0 Å². The second kappa shape index (κ2) is 6.13. The Balaban J connectivity index is 1.98. The smallest absolute Gasteiger partial charge is 0.118 e. The van der Waals surface area contributed by atoms with Crippen molar-refractivity contribution in [3.63, 3.8) is 0 Å². The van der Waals surface area contributed by atoms with Crippen molar-refractivity contribution in [2.75, 3.05) is 7.11 Å². The molecule has 1 aromatic heterocycles. The molecule has 1 aliphatic carbocycles. The third kappa shape index (κ3) is 2.50. The highest BCUT2D eigenvalue weighted by molar-refractivity contribution is 5.94. The fourth-order valence-corrected chi connectivity index (χ4v) is 2.92. The lowest BCUT2D eigenvalue weighted by Gasteiger charge is -2.06. The van der Waals surface area contributed by atoms with Crippen LogP contribution in [0.4, 0.5) is 0 Å². The van der Waals surface area contributed by atoms with E-state index < -0.39 is 0 Å². The van der Waals surface area contributed by atoms with E-state index in [0.717, 1.165) is 39.4 Å². The Morgan fingerprint density at radius 2 is 1.50 bits per heavy atom. The average Bonchev–Trinajstić information content (AvgIpc) is 2.85. The van der Waals surface area contributed by atoms with Gasteiger partial charge in [-0.15, -0.1) is 0 Å². The SMILES string of the molecule is COc1ccc(-c2nc3cccccc-3c2-c2ccncc2)cc1. The van der Waals surface area contributed by atoms with Gasteiger partial charge < -0.3 is 4.74 Å². The Bertz CT molecular complexity index is 933. The standard InChI is InChI=1S/C21H16N2O/c1-24-17-9-7-16(8-10-17)21-20(15-11-13-22-14-12-15)18-5-3-2-4-6-19(18)23-21/h2-14H,1H3. The first-order valence-corrected chi connectivity index (χ1v) is 7.80. The summed E-state index contributed by atoms with van der Waals surface area (Å²) in [4.78, 5) is 9.03. The maximum absolute atomic E-state index is 5.26. The molecule has 0 radical (unpaired) electrons. The molecule has 2 heterocycles. The molecule has 1 aromatic carbocycles. The van der Waals surface area contributed by atoms with Gasteiger partial charge in [0.2, 0.25) is 0 Å². The summed E-state index contributed by atoms with van der Waals surface area (Å²) >= 11 is 0. The fraction of sp³-hybridized carbons (Fsp3) is 0.0476. The number of hydrogen-bond donors (Lipinski definition) is 0. The Morgan fingerprint density at radius 3 is 2.25 bits per heavy atom. The topological polar surface area (TPSA) is 35.0 Å². The summed E-state index contributed by atoms with van der Waals surface area (Å²) in [7, 11) is 1.67. The first-order valence-electron chi connectivity index (χ1n) is 7.80. The molecule has 0 atom stereocenters. The number of rotatable bonds is 3. The molecule has 0 saturated carbocycles. The quantitative estimate of drug-likeness (QED) is 0.538. The van der Waals surface area contributed by atoms with Crippen LogP contribution in [0, 0.1) is 0 Å². The van der Waals surface area contributed by atoms with Crippen LogP contribution in [0.3, 0.4) is 0 Å². The minimum absolute atomic E-state index is 0.840. The van der Waals surface area contributed by atoms with Gasteiger partial charge in [0.25, 0.3) is 0 Å². The van der Waals surface area contributed by atoms with Crippen molar-refractivity contribution in [2.24, 2.45) is 0 Å². The van der Waals surface area contributed by atoms with Crippen molar-refractivity contribution in [1.29, 1.82) is 0 Å². The molecule has 0 unspecified atom stereocenters. The van der Waals surface area contributed by atoms with E-state index in [2.05, 4.69) is 11.1 Å². The number of pyridine rings is 1. The van der Waals surface area contributed by atoms with Crippen LogP contribution in [-0.4, -0.2) is 17.1 Å². The summed E-state index contributed by atoms with van der Waals surface area (Å²) in [6, 6.07) is 22.3. The largest absolute Gasteiger partial charge is 0.497 e. The molecule has 0 amide bonds. The number of methoxy groups -OCH3 is 1. The van der Waals surface area contributed by atoms with E-state index in [9.17, 15) is 0 Å². The van der Waals surface area contributed by atoms with E-state index in [1.54, 1.807) is 7.11 Å². The molecule has 3 nitrogen and oxygen atoms in total. The minimum Gasteiger partial charge on any atom is -0.497 e. The third-order valence-electron chi connectivity index (χ3n) is 4.09. The van der Waals surface area contributed by atoms with Gasteiger partial charge in [0.1, 0.15) is 5.75 Å². The zero-order valence-electron chi connectivity index (χ0n) is 13.3. The lowest BCUT2D eigenvalue weighted by atomic mass is 9.98. The molecule has 0 bridgehead atoms. The Kier molecular flexibility index (Phi) is 3.67. The van der Waals surface area contributed by atoms with E-state index in [-0.39, 0.29) is 0 Å². The summed E-state index contributed by atoms with van der Waals surface area (Å²) in [5.41, 5.74) is 6.42. The maximum atomic E-state index is 5.26. The van der Waals surface area contributed by atoms with Crippen LogP contribution < -0.4 is 4.74 Å². The summed E-state index contributed by atoms with van der Waals surface area (Å²) in [5, 5.41) is 0. The van der Waals surface area contributed by atoms with Gasteiger partial charge in [-0.2, -0.15) is 0 Å². The third-order valence-corrected chi connectivity index (χ3v) is 4.09. The number of aromatic nitrogens is 2. The van der Waals surface area contributed by atoms with E-state index in [4.69, 9.17) is 9.72 Å². The van der Waals surface area contributed by atoms with Crippen LogP contribution in [0.25, 0.3) is 33.6 Å². The molecule has 0 saturated heterocycles. The number of hydrogen-bond acceptors (Lipinski definition) is 3. The van der Waals surface area contributed by atoms with E-state index >= 15 is 0 Å². The maximum Gasteiger partial charge on any atom is 0.118 e. The van der Waals surface area contributed by atoms with Gasteiger partial charge in [-0.3, -0.25) is 4.98 Å². The molecule has 3 heteroatoms. The molecular formula is C21H16N2O. The van der Waals surface area contributed by atoms with Crippen LogP contribution in [0.2, 0.25) is 0 Å². The molecule has 0 N–H and O–H groups in total. The zero-order valence-corrected chi connectivity index (χ0v) is 13.3. The van der Waals surface area contributed by atoms with E-state index in [1.807, 2.05) is 73.1 Å². The lowest BCUT2D eigenvalue weighted by molar-refractivity contribution is 0.415. The van der Waals surface area contributed by atoms with Gasteiger partial charge in [0.15, 0.2) is 0 Å². The van der Waals surface area contributed by atoms with Crippen LogP contribution in [0.15, 0.2) is 79.1 Å². The molecule has 4 rings (SSSR count). The number of benzene rings is 1. The number of fused-ring (bicyclic) bond motifs is 1. The average molecular weight is 312 g/mol. The predicted octanol–water partition coefficient (Wildman–Crippen LogP) is 4.92. The van der Waals surface area contributed by atoms with Gasteiger partial charge >= 0.3 is 0 Å². The molecule has 2 aliphatic rings. The molecule has 0 fully saturated rings. The predicted molar refractivity (Wildman–Crippen MR) is 96.1 cm³/mol. The minimum atomic E-state index is 0.840. The Morgan fingerprint density at radius 1 is 0.750 bits per heavy atom. The van der Waals surface area contributed by atoms with Crippen LogP contribution in [0.1, 0.15) is 0 Å². The lowest BCUT2D eigenvalue weighted by Crippen LogP contribution is -1.85. The Labute approximate surface area is 140 Å². The van der Waals surface area contributed by atoms with Gasteiger partial charge in [-0.25, -0.2) is 4.98 Å². The van der Waals surface area contributed by atoms with Crippen LogP contribution >= 0.6 is 0 Å². The van der Waals surface area contributed by atoms with Gasteiger partial charge in [0.05, 0.1) is 18.5 Å². The van der Waals surface area contributed by atoms with Crippen LogP contribution in [0.5, 0.6) is 5.75 Å². The number of ether oxygens (including phenoxy) is 1. The zero-order chi connectivity index (χ0) is 16.4. The van der Waals surface area contributed by atoms with Gasteiger partial charge in [-0.1, -0.05) is 24.3 Å². The molecule has 2 aromatic rings. The summed E-state index contributed by atoms with van der Waals surface area (Å²) < 4.78 is 5.26. The van der Waals surface area contributed by atoms with Crippen molar-refractivity contribution in [3.05, 3.63) is 79.1 Å². The second-order valence-electron chi connectivity index (χ2n) is 5.51. The van der Waals surface area contributed by atoms with Crippen molar-refractivity contribution in [3.8, 4) is 39.4 Å². The van der Waals surface area contributed by atoms with Gasteiger partial charge in [-0.05, 0) is 48.0 Å². The summed E-state index contributed by atoms with van der Waals surface area (Å²) in [5.74, 6) is 0.840.